The molecule has 0 spiro atoms. The molecule has 2 nitrogen and oxygen atoms in total. The third-order valence-electron chi connectivity index (χ3n) is 9.61. The molecule has 0 amide bonds. The first-order valence-electron chi connectivity index (χ1n) is 15.6. The number of fused-ring (bicyclic) bond motifs is 8. The highest BCUT2D eigenvalue weighted by molar-refractivity contribution is 6.19. The van der Waals surface area contributed by atoms with E-state index in [2.05, 4.69) is 170 Å². The summed E-state index contributed by atoms with van der Waals surface area (Å²) in [6.07, 6.45) is 0. The number of furan rings is 1. The van der Waals surface area contributed by atoms with Crippen LogP contribution in [0.3, 0.4) is 0 Å². The molecule has 0 radical (unpaired) electrons. The summed E-state index contributed by atoms with van der Waals surface area (Å²) in [4.78, 5) is 2.44. The van der Waals surface area contributed by atoms with Gasteiger partial charge in [-0.3, -0.25) is 0 Å². The van der Waals surface area contributed by atoms with Gasteiger partial charge < -0.3 is 9.32 Å². The van der Waals surface area contributed by atoms with Crippen molar-refractivity contribution in [3.8, 4) is 22.3 Å². The van der Waals surface area contributed by atoms with Gasteiger partial charge in [0.1, 0.15) is 11.2 Å². The van der Waals surface area contributed by atoms with Crippen LogP contribution in [0.15, 0.2) is 156 Å². The number of hydrogen-bond acceptors (Lipinski definition) is 2. The Morgan fingerprint density at radius 1 is 0.467 bits per heavy atom. The summed E-state index contributed by atoms with van der Waals surface area (Å²) in [6.45, 7) is 4.75. The highest BCUT2D eigenvalue weighted by Crippen LogP contribution is 2.60. The van der Waals surface area contributed by atoms with E-state index in [4.69, 9.17) is 4.42 Å². The van der Waals surface area contributed by atoms with Crippen molar-refractivity contribution in [2.24, 2.45) is 0 Å². The van der Waals surface area contributed by atoms with Gasteiger partial charge in [0.25, 0.3) is 0 Å². The molecule has 2 heteroatoms. The van der Waals surface area contributed by atoms with Crippen LogP contribution in [0.4, 0.5) is 17.1 Å². The van der Waals surface area contributed by atoms with Crippen molar-refractivity contribution in [3.05, 3.63) is 163 Å². The Balaban J connectivity index is 1.54. The molecule has 8 aromatic rings. The molecule has 1 heterocycles. The predicted molar refractivity (Wildman–Crippen MR) is 189 cm³/mol. The van der Waals surface area contributed by atoms with Gasteiger partial charge >= 0.3 is 0 Å². The van der Waals surface area contributed by atoms with E-state index in [1.165, 1.54) is 38.6 Å². The molecule has 9 rings (SSSR count). The predicted octanol–water partition coefficient (Wildman–Crippen LogP) is 12.2. The van der Waals surface area contributed by atoms with E-state index in [0.29, 0.717) is 0 Å². The van der Waals surface area contributed by atoms with E-state index in [1.54, 1.807) is 0 Å². The van der Waals surface area contributed by atoms with Gasteiger partial charge in [-0.25, -0.2) is 0 Å². The molecule has 1 aliphatic rings. The van der Waals surface area contributed by atoms with Gasteiger partial charge in [-0.1, -0.05) is 135 Å². The molecular formula is C43H31NO. The summed E-state index contributed by atoms with van der Waals surface area (Å²) in [7, 11) is 0. The summed E-state index contributed by atoms with van der Waals surface area (Å²) in [6, 6.07) is 54.4. The van der Waals surface area contributed by atoms with E-state index >= 15 is 0 Å². The third-order valence-corrected chi connectivity index (χ3v) is 9.61. The Morgan fingerprint density at radius 3 is 1.76 bits per heavy atom. The molecule has 1 aromatic heterocycles. The first-order chi connectivity index (χ1) is 22.1. The summed E-state index contributed by atoms with van der Waals surface area (Å²) in [5.74, 6) is 0. The van der Waals surface area contributed by atoms with Gasteiger partial charge in [0, 0.05) is 44.1 Å². The van der Waals surface area contributed by atoms with Crippen molar-refractivity contribution < 1.29 is 4.42 Å². The topological polar surface area (TPSA) is 16.4 Å². The van der Waals surface area contributed by atoms with Gasteiger partial charge in [-0.05, 0) is 58.0 Å². The Bertz CT molecular complexity index is 2360. The molecule has 0 N–H and O–H groups in total. The van der Waals surface area contributed by atoms with Crippen LogP contribution in [0, 0.1) is 0 Å². The molecule has 1 aliphatic carbocycles. The molecule has 45 heavy (non-hydrogen) atoms. The largest absolute Gasteiger partial charge is 0.455 e. The van der Waals surface area contributed by atoms with Crippen molar-refractivity contribution >= 4 is 49.8 Å². The summed E-state index contributed by atoms with van der Waals surface area (Å²) >= 11 is 0. The minimum atomic E-state index is -0.190. The molecule has 0 atom stereocenters. The van der Waals surface area contributed by atoms with Crippen LogP contribution in [0.2, 0.25) is 0 Å². The van der Waals surface area contributed by atoms with E-state index < -0.39 is 0 Å². The highest BCUT2D eigenvalue weighted by Gasteiger charge is 2.41. The lowest BCUT2D eigenvalue weighted by molar-refractivity contribution is 0.666. The fourth-order valence-corrected chi connectivity index (χ4v) is 7.72. The van der Waals surface area contributed by atoms with Crippen LogP contribution in [0.25, 0.3) is 55.0 Å². The number of rotatable bonds is 4. The highest BCUT2D eigenvalue weighted by atomic mass is 16.3. The molecular weight excluding hydrogens is 546 g/mol. The van der Waals surface area contributed by atoms with Crippen LogP contribution >= 0.6 is 0 Å². The lowest BCUT2D eigenvalue weighted by Gasteiger charge is -2.32. The maximum atomic E-state index is 6.78. The molecule has 0 fully saturated rings. The van der Waals surface area contributed by atoms with Gasteiger partial charge in [0.15, 0.2) is 0 Å². The average Bonchev–Trinajstić information content (AvgIpc) is 3.59. The maximum absolute atomic E-state index is 6.78. The monoisotopic (exact) mass is 577 g/mol. The van der Waals surface area contributed by atoms with Crippen LogP contribution in [0.1, 0.15) is 25.0 Å². The quantitative estimate of drug-likeness (QED) is 0.207. The zero-order valence-electron chi connectivity index (χ0n) is 25.3. The Morgan fingerprint density at radius 2 is 1.02 bits per heavy atom. The van der Waals surface area contributed by atoms with Crippen LogP contribution in [0.5, 0.6) is 0 Å². The normalized spacial score (nSPS) is 13.3. The molecule has 0 aliphatic heterocycles. The second-order valence-corrected chi connectivity index (χ2v) is 12.5. The Labute approximate surface area is 262 Å². The first kappa shape index (κ1) is 25.9. The summed E-state index contributed by atoms with van der Waals surface area (Å²) in [5, 5.41) is 4.76. The van der Waals surface area contributed by atoms with Crippen molar-refractivity contribution in [1.82, 2.24) is 0 Å². The number of anilines is 3. The second kappa shape index (κ2) is 9.70. The molecule has 214 valence electrons. The summed E-state index contributed by atoms with van der Waals surface area (Å²) in [5.41, 5.74) is 12.6. The van der Waals surface area contributed by atoms with Crippen LogP contribution in [-0.4, -0.2) is 0 Å². The van der Waals surface area contributed by atoms with Crippen molar-refractivity contribution in [2.75, 3.05) is 4.90 Å². The standard InChI is InChI=1S/C43H31NO/c1-43(2)36-26-13-11-23-34(36)38-39(35-25-15-24-33-30-20-12-14-27-37(30)45-42(33)35)41(32-22-10-9-21-31(32)40(38)43)44(28-16-5-3-6-17-28)29-18-7-4-8-19-29/h3-27H,1-2H3. The van der Waals surface area contributed by atoms with Crippen LogP contribution < -0.4 is 4.90 Å². The lowest BCUT2D eigenvalue weighted by Crippen LogP contribution is -2.17. The zero-order chi connectivity index (χ0) is 30.1. The number of para-hydroxylation sites is 4. The molecule has 0 bridgehead atoms. The molecule has 0 saturated carbocycles. The summed E-state index contributed by atoms with van der Waals surface area (Å²) < 4.78 is 6.78. The fraction of sp³-hybridized carbons (Fsp3) is 0.0698. The SMILES string of the molecule is CC1(C)c2ccccc2-c2c(-c3cccc4c3oc3ccccc34)c(N(c3ccccc3)c3ccccc3)c3ccccc3c21. The third kappa shape index (κ3) is 3.69. The fourth-order valence-electron chi connectivity index (χ4n) is 7.72. The Kier molecular flexibility index (Phi) is 5.58. The van der Waals surface area contributed by atoms with Crippen molar-refractivity contribution in [3.63, 3.8) is 0 Å². The van der Waals surface area contributed by atoms with Gasteiger partial charge in [-0.2, -0.15) is 0 Å². The first-order valence-corrected chi connectivity index (χ1v) is 15.6. The number of hydrogen-bond donors (Lipinski definition) is 0. The smallest absolute Gasteiger partial charge is 0.143 e. The van der Waals surface area contributed by atoms with E-state index in [-0.39, 0.29) is 5.41 Å². The van der Waals surface area contributed by atoms with E-state index in [1.807, 2.05) is 0 Å². The molecule has 0 unspecified atom stereocenters. The number of nitrogens with zero attached hydrogens (tertiary/aromatic N) is 1. The van der Waals surface area contributed by atoms with Gasteiger partial charge in [0.05, 0.1) is 5.69 Å². The maximum Gasteiger partial charge on any atom is 0.143 e. The number of benzene rings is 7. The van der Waals surface area contributed by atoms with Gasteiger partial charge in [-0.15, -0.1) is 0 Å². The minimum Gasteiger partial charge on any atom is -0.455 e. The van der Waals surface area contributed by atoms with Crippen LogP contribution in [-0.2, 0) is 5.41 Å². The van der Waals surface area contributed by atoms with Crippen molar-refractivity contribution in [1.29, 1.82) is 0 Å². The van der Waals surface area contributed by atoms with Crippen molar-refractivity contribution in [2.45, 2.75) is 19.3 Å². The molecule has 0 saturated heterocycles. The zero-order valence-corrected chi connectivity index (χ0v) is 25.3. The second-order valence-electron chi connectivity index (χ2n) is 12.5. The van der Waals surface area contributed by atoms with Gasteiger partial charge in [0.2, 0.25) is 0 Å². The average molecular weight is 578 g/mol. The van der Waals surface area contributed by atoms with E-state index in [0.717, 1.165) is 44.6 Å². The molecule has 7 aromatic carbocycles. The minimum absolute atomic E-state index is 0.190. The van der Waals surface area contributed by atoms with E-state index in [9.17, 15) is 0 Å². The lowest BCUT2D eigenvalue weighted by atomic mass is 9.78. The Hall–Kier alpha value is -5.60.